The van der Waals surface area contributed by atoms with Crippen molar-refractivity contribution >= 4 is 17.5 Å². The van der Waals surface area contributed by atoms with Gasteiger partial charge in [0.2, 0.25) is 0 Å². The van der Waals surface area contributed by atoms with E-state index in [-0.39, 0.29) is 5.78 Å². The van der Waals surface area contributed by atoms with Crippen molar-refractivity contribution in [2.45, 2.75) is 19.8 Å². The highest BCUT2D eigenvalue weighted by Crippen LogP contribution is 2.12. The number of hydrogen-bond acceptors (Lipinski definition) is 3. The molecule has 1 rings (SSSR count). The maximum Gasteiger partial charge on any atom is 0.157 e. The zero-order valence-corrected chi connectivity index (χ0v) is 9.12. The van der Waals surface area contributed by atoms with Gasteiger partial charge in [-0.1, -0.05) is 6.92 Å². The van der Waals surface area contributed by atoms with E-state index in [1.807, 2.05) is 11.8 Å². The van der Waals surface area contributed by atoms with Crippen molar-refractivity contribution in [1.82, 2.24) is 5.32 Å². The van der Waals surface area contributed by atoms with Gasteiger partial charge < -0.3 is 5.32 Å². The number of ketones is 1. The fourth-order valence-corrected chi connectivity index (χ4v) is 2.07. The van der Waals surface area contributed by atoms with E-state index in [1.54, 1.807) is 6.08 Å². The van der Waals surface area contributed by atoms with Gasteiger partial charge in [0, 0.05) is 24.7 Å². The fourth-order valence-electron chi connectivity index (χ4n) is 1.38. The van der Waals surface area contributed by atoms with Gasteiger partial charge in [-0.3, -0.25) is 4.79 Å². The lowest BCUT2D eigenvalue weighted by atomic mass is 10.2. The fraction of sp³-hybridized carbons (Fsp3) is 0.700. The van der Waals surface area contributed by atoms with E-state index in [9.17, 15) is 4.79 Å². The van der Waals surface area contributed by atoms with Gasteiger partial charge in [-0.15, -0.1) is 0 Å². The van der Waals surface area contributed by atoms with Crippen LogP contribution in [0.1, 0.15) is 19.8 Å². The molecule has 13 heavy (non-hydrogen) atoms. The highest BCUT2D eigenvalue weighted by Gasteiger charge is 2.11. The maximum atomic E-state index is 10.9. The lowest BCUT2D eigenvalue weighted by Crippen LogP contribution is -2.21. The molecule has 74 valence electrons. The molecule has 0 amide bonds. The van der Waals surface area contributed by atoms with Crippen molar-refractivity contribution in [3.8, 4) is 0 Å². The van der Waals surface area contributed by atoms with Gasteiger partial charge in [-0.25, -0.2) is 0 Å². The quantitative estimate of drug-likeness (QED) is 0.732. The number of nitrogens with one attached hydrogen (secondary N) is 1. The molecule has 1 atom stereocenters. The SMILES string of the molecule is CSCC(C)CNC1=CC(=O)CC1. The lowest BCUT2D eigenvalue weighted by molar-refractivity contribution is -0.114. The number of thioether (sulfide) groups is 1. The van der Waals surface area contributed by atoms with Crippen molar-refractivity contribution < 1.29 is 4.79 Å². The molecule has 0 aromatic carbocycles. The Balaban J connectivity index is 2.19. The van der Waals surface area contributed by atoms with Crippen molar-refractivity contribution in [1.29, 1.82) is 0 Å². The average Bonchev–Trinajstić information content (AvgIpc) is 2.49. The van der Waals surface area contributed by atoms with Crippen LogP contribution in [0.25, 0.3) is 0 Å². The molecular weight excluding hydrogens is 182 g/mol. The third kappa shape index (κ3) is 3.85. The molecule has 0 aromatic rings. The van der Waals surface area contributed by atoms with Gasteiger partial charge in [-0.05, 0) is 24.3 Å². The van der Waals surface area contributed by atoms with Crippen LogP contribution in [0.3, 0.4) is 0 Å². The van der Waals surface area contributed by atoms with Gasteiger partial charge in [0.05, 0.1) is 0 Å². The standard InChI is InChI=1S/C10H17NOS/c1-8(7-13-2)6-11-9-3-4-10(12)5-9/h5,8,11H,3-4,6-7H2,1-2H3. The zero-order valence-electron chi connectivity index (χ0n) is 8.30. The van der Waals surface area contributed by atoms with E-state index in [0.717, 1.165) is 18.7 Å². The molecule has 0 heterocycles. The second kappa shape index (κ2) is 5.32. The van der Waals surface area contributed by atoms with Crippen LogP contribution in [0, 0.1) is 5.92 Å². The molecule has 0 saturated heterocycles. The molecule has 1 N–H and O–H groups in total. The number of allylic oxidation sites excluding steroid dienone is 2. The summed E-state index contributed by atoms with van der Waals surface area (Å²) in [4.78, 5) is 10.9. The third-order valence-electron chi connectivity index (χ3n) is 2.10. The van der Waals surface area contributed by atoms with Crippen LogP contribution in [-0.4, -0.2) is 24.3 Å². The van der Waals surface area contributed by atoms with Gasteiger partial charge in [0.25, 0.3) is 0 Å². The number of carbonyl (C=O) groups excluding carboxylic acids is 1. The van der Waals surface area contributed by atoms with E-state index < -0.39 is 0 Å². The molecule has 0 saturated carbocycles. The second-order valence-electron chi connectivity index (χ2n) is 3.58. The van der Waals surface area contributed by atoms with Crippen LogP contribution in [0.5, 0.6) is 0 Å². The van der Waals surface area contributed by atoms with E-state index in [4.69, 9.17) is 0 Å². The Bertz CT molecular complexity index is 213. The summed E-state index contributed by atoms with van der Waals surface area (Å²) < 4.78 is 0. The number of carbonyl (C=O) groups is 1. The van der Waals surface area contributed by atoms with Crippen LogP contribution >= 0.6 is 11.8 Å². The van der Waals surface area contributed by atoms with E-state index in [0.29, 0.717) is 12.3 Å². The first-order valence-corrected chi connectivity index (χ1v) is 6.08. The van der Waals surface area contributed by atoms with Crippen molar-refractivity contribution in [2.24, 2.45) is 5.92 Å². The van der Waals surface area contributed by atoms with Crippen molar-refractivity contribution in [2.75, 3.05) is 18.6 Å². The van der Waals surface area contributed by atoms with Gasteiger partial charge in [0.15, 0.2) is 5.78 Å². The molecule has 0 bridgehead atoms. The Morgan fingerprint density at radius 1 is 1.62 bits per heavy atom. The largest absolute Gasteiger partial charge is 0.388 e. The second-order valence-corrected chi connectivity index (χ2v) is 4.49. The Morgan fingerprint density at radius 3 is 2.92 bits per heavy atom. The molecule has 1 unspecified atom stereocenters. The Morgan fingerprint density at radius 2 is 2.38 bits per heavy atom. The summed E-state index contributed by atoms with van der Waals surface area (Å²) in [6.07, 6.45) is 5.46. The van der Waals surface area contributed by atoms with Crippen LogP contribution in [-0.2, 0) is 4.79 Å². The molecule has 2 nitrogen and oxygen atoms in total. The smallest absolute Gasteiger partial charge is 0.157 e. The van der Waals surface area contributed by atoms with Crippen LogP contribution in [0.4, 0.5) is 0 Å². The van der Waals surface area contributed by atoms with E-state index in [2.05, 4.69) is 18.5 Å². The van der Waals surface area contributed by atoms with E-state index in [1.165, 1.54) is 5.75 Å². The Hall–Kier alpha value is -0.440. The van der Waals surface area contributed by atoms with Crippen LogP contribution in [0.2, 0.25) is 0 Å². The topological polar surface area (TPSA) is 29.1 Å². The molecule has 1 aliphatic carbocycles. The third-order valence-corrected chi connectivity index (χ3v) is 3.01. The predicted molar refractivity (Wildman–Crippen MR) is 57.9 cm³/mol. The summed E-state index contributed by atoms with van der Waals surface area (Å²) in [6, 6.07) is 0. The van der Waals surface area contributed by atoms with Crippen molar-refractivity contribution in [3.63, 3.8) is 0 Å². The Kier molecular flexibility index (Phi) is 4.36. The minimum atomic E-state index is 0.264. The molecule has 0 radical (unpaired) electrons. The molecule has 0 fully saturated rings. The molecule has 1 aliphatic rings. The van der Waals surface area contributed by atoms with Gasteiger partial charge in [0.1, 0.15) is 0 Å². The Labute approximate surface area is 84.2 Å². The highest BCUT2D eigenvalue weighted by atomic mass is 32.2. The normalized spacial score (nSPS) is 18.6. The van der Waals surface area contributed by atoms with Crippen LogP contribution in [0.15, 0.2) is 11.8 Å². The lowest BCUT2D eigenvalue weighted by Gasteiger charge is -2.12. The maximum absolute atomic E-state index is 10.9. The average molecular weight is 199 g/mol. The summed E-state index contributed by atoms with van der Waals surface area (Å²) in [5.41, 5.74) is 1.12. The minimum absolute atomic E-state index is 0.264. The highest BCUT2D eigenvalue weighted by molar-refractivity contribution is 7.98. The molecular formula is C10H17NOS. The molecule has 0 aromatic heterocycles. The summed E-state index contributed by atoms with van der Waals surface area (Å²) >= 11 is 1.87. The monoisotopic (exact) mass is 199 g/mol. The first-order chi connectivity index (χ1) is 6.22. The summed E-state index contributed by atoms with van der Waals surface area (Å²) in [5.74, 6) is 2.11. The predicted octanol–water partition coefficient (Wildman–Crippen LogP) is 1.82. The van der Waals surface area contributed by atoms with Crippen LogP contribution < -0.4 is 5.32 Å². The number of rotatable bonds is 5. The van der Waals surface area contributed by atoms with Crippen molar-refractivity contribution in [3.05, 3.63) is 11.8 Å². The zero-order chi connectivity index (χ0) is 9.68. The molecule has 0 spiro atoms. The first-order valence-electron chi connectivity index (χ1n) is 4.68. The minimum Gasteiger partial charge on any atom is -0.388 e. The van der Waals surface area contributed by atoms with Gasteiger partial charge in [-0.2, -0.15) is 11.8 Å². The molecule has 0 aliphatic heterocycles. The summed E-state index contributed by atoms with van der Waals surface area (Å²) in [5, 5.41) is 3.32. The summed E-state index contributed by atoms with van der Waals surface area (Å²) in [6.45, 7) is 3.21. The van der Waals surface area contributed by atoms with Gasteiger partial charge >= 0.3 is 0 Å². The number of hydrogen-bond donors (Lipinski definition) is 1. The molecule has 3 heteroatoms. The summed E-state index contributed by atoms with van der Waals surface area (Å²) in [7, 11) is 0. The first kappa shape index (κ1) is 10.6. The van der Waals surface area contributed by atoms with E-state index >= 15 is 0 Å².